The van der Waals surface area contributed by atoms with Crippen LogP contribution in [-0.2, 0) is 4.79 Å². The van der Waals surface area contributed by atoms with E-state index in [0.29, 0.717) is 22.5 Å². The number of pyridine rings is 1. The van der Waals surface area contributed by atoms with Gasteiger partial charge in [0.05, 0.1) is 11.1 Å². The number of carbonyl (C=O) groups is 2. The molecule has 198 valence electrons. The van der Waals surface area contributed by atoms with Gasteiger partial charge < -0.3 is 19.1 Å². The molecule has 2 aromatic carbocycles. The first-order valence-corrected chi connectivity index (χ1v) is 11.7. The second-order valence-electron chi connectivity index (χ2n) is 9.09. The molecule has 0 aliphatic heterocycles. The van der Waals surface area contributed by atoms with Crippen LogP contribution >= 0.6 is 11.6 Å². The maximum absolute atomic E-state index is 13.7. The van der Waals surface area contributed by atoms with Crippen LogP contribution in [0.15, 0.2) is 54.6 Å². The maximum atomic E-state index is 13.7. The van der Waals surface area contributed by atoms with E-state index in [1.807, 2.05) is 0 Å². The number of benzene rings is 2. The molecule has 2 heterocycles. The first-order chi connectivity index (χ1) is 17.7. The van der Waals surface area contributed by atoms with Gasteiger partial charge in [-0.15, -0.1) is 13.2 Å². The highest BCUT2D eigenvalue weighted by molar-refractivity contribution is 6.30. The molecular weight excluding hydrogens is 525 g/mol. The molecule has 0 amide bonds. The number of nitrogens with zero attached hydrogens (tertiary/aromatic N) is 2. The fourth-order valence-corrected chi connectivity index (χ4v) is 4.39. The van der Waals surface area contributed by atoms with Crippen molar-refractivity contribution >= 4 is 34.3 Å². The molecule has 0 radical (unpaired) electrons. The molecule has 2 aromatic heterocycles. The topological polar surface area (TPSA) is 90.7 Å². The Bertz CT molecular complexity index is 1560. The predicted molar refractivity (Wildman–Crippen MR) is 134 cm³/mol. The number of aromatic nitrogens is 2. The highest BCUT2D eigenvalue weighted by Gasteiger charge is 2.32. The standard InChI is InChI=1S/C27H22ClF3N2O5/c1-14-10-16(11-22(28)32-14)24(34)23-15(2)33(21-13-19(8-9-20(21)23)38-27(29,30)31)17-6-5-7-18(12-17)37-26(3,4)25(35)36/h5-13H,1-4H3,(H,35,36). The van der Waals surface area contributed by atoms with Crippen LogP contribution in [0.5, 0.6) is 11.5 Å². The average Bonchev–Trinajstić information content (AvgIpc) is 3.07. The zero-order valence-corrected chi connectivity index (χ0v) is 21.4. The number of aliphatic carboxylic acids is 1. The molecule has 38 heavy (non-hydrogen) atoms. The number of rotatable bonds is 7. The summed E-state index contributed by atoms with van der Waals surface area (Å²) in [7, 11) is 0. The van der Waals surface area contributed by atoms with Gasteiger partial charge >= 0.3 is 12.3 Å². The summed E-state index contributed by atoms with van der Waals surface area (Å²) < 4.78 is 50.3. The van der Waals surface area contributed by atoms with E-state index in [1.165, 1.54) is 38.1 Å². The zero-order chi connectivity index (χ0) is 28.0. The number of carbonyl (C=O) groups excluding carboxylic acids is 1. The van der Waals surface area contributed by atoms with Gasteiger partial charge in [0.2, 0.25) is 0 Å². The van der Waals surface area contributed by atoms with E-state index in [4.69, 9.17) is 16.3 Å². The van der Waals surface area contributed by atoms with Gasteiger partial charge in [-0.05, 0) is 64.1 Å². The summed E-state index contributed by atoms with van der Waals surface area (Å²) in [6.45, 7) is 6.11. The fraction of sp³-hybridized carbons (Fsp3) is 0.222. The number of carboxylic acids is 1. The number of fused-ring (bicyclic) bond motifs is 1. The number of alkyl halides is 3. The zero-order valence-electron chi connectivity index (χ0n) is 20.7. The molecule has 0 spiro atoms. The van der Waals surface area contributed by atoms with E-state index in [1.54, 1.807) is 42.7 Å². The van der Waals surface area contributed by atoms with Crippen LogP contribution < -0.4 is 9.47 Å². The average molecular weight is 547 g/mol. The summed E-state index contributed by atoms with van der Waals surface area (Å²) >= 11 is 6.07. The lowest BCUT2D eigenvalue weighted by Crippen LogP contribution is -2.37. The largest absolute Gasteiger partial charge is 0.573 e. The van der Waals surface area contributed by atoms with Gasteiger partial charge in [0.15, 0.2) is 11.4 Å². The minimum atomic E-state index is -4.92. The minimum absolute atomic E-state index is 0.126. The third kappa shape index (κ3) is 5.45. The Kier molecular flexibility index (Phi) is 6.88. The van der Waals surface area contributed by atoms with Gasteiger partial charge in [-0.1, -0.05) is 17.7 Å². The molecular formula is C27H22ClF3N2O5. The molecule has 0 aliphatic carbocycles. The van der Waals surface area contributed by atoms with Gasteiger partial charge in [0.25, 0.3) is 0 Å². The number of ketones is 1. The molecule has 0 aliphatic rings. The highest BCUT2D eigenvalue weighted by Crippen LogP contribution is 2.36. The van der Waals surface area contributed by atoms with Crippen molar-refractivity contribution in [1.82, 2.24) is 9.55 Å². The van der Waals surface area contributed by atoms with Crippen LogP contribution in [0.4, 0.5) is 13.2 Å². The first kappa shape index (κ1) is 27.0. The molecule has 0 saturated carbocycles. The Morgan fingerprint density at radius 2 is 1.66 bits per heavy atom. The second-order valence-corrected chi connectivity index (χ2v) is 9.47. The van der Waals surface area contributed by atoms with Crippen molar-refractivity contribution in [2.24, 2.45) is 0 Å². The van der Waals surface area contributed by atoms with Gasteiger partial charge in [0.1, 0.15) is 16.7 Å². The van der Waals surface area contributed by atoms with Crippen molar-refractivity contribution in [3.8, 4) is 17.2 Å². The number of aryl methyl sites for hydroxylation is 1. The number of ether oxygens (including phenoxy) is 2. The lowest BCUT2D eigenvalue weighted by molar-refractivity contribution is -0.274. The molecule has 0 bridgehead atoms. The Labute approximate surface area is 220 Å². The predicted octanol–water partition coefficient (Wildman–Crippen LogP) is 6.67. The number of hydrogen-bond donors (Lipinski definition) is 1. The summed E-state index contributed by atoms with van der Waals surface area (Å²) in [5.74, 6) is -1.84. The molecule has 1 N–H and O–H groups in total. The molecule has 4 rings (SSSR count). The summed E-state index contributed by atoms with van der Waals surface area (Å²) in [6.07, 6.45) is -4.92. The molecule has 0 saturated heterocycles. The van der Waals surface area contributed by atoms with Crippen molar-refractivity contribution in [2.45, 2.75) is 39.7 Å². The monoisotopic (exact) mass is 546 g/mol. The van der Waals surface area contributed by atoms with Gasteiger partial charge in [0, 0.05) is 40.2 Å². The first-order valence-electron chi connectivity index (χ1n) is 11.3. The van der Waals surface area contributed by atoms with Crippen LogP contribution in [0, 0.1) is 13.8 Å². The Morgan fingerprint density at radius 1 is 0.974 bits per heavy atom. The summed E-state index contributed by atoms with van der Waals surface area (Å²) in [5, 5.41) is 9.93. The fourth-order valence-electron chi connectivity index (χ4n) is 4.14. The van der Waals surface area contributed by atoms with Crippen LogP contribution in [0.2, 0.25) is 5.15 Å². The third-order valence-corrected chi connectivity index (χ3v) is 5.98. The highest BCUT2D eigenvalue weighted by atomic mass is 35.5. The molecule has 0 unspecified atom stereocenters. The Morgan fingerprint density at radius 3 is 2.29 bits per heavy atom. The maximum Gasteiger partial charge on any atom is 0.573 e. The normalized spacial score (nSPS) is 12.0. The Hall–Kier alpha value is -4.05. The third-order valence-electron chi connectivity index (χ3n) is 5.79. The number of hydrogen-bond acceptors (Lipinski definition) is 5. The molecule has 0 atom stereocenters. The molecule has 0 fully saturated rings. The summed E-state index contributed by atoms with van der Waals surface area (Å²) in [4.78, 5) is 29.3. The van der Waals surface area contributed by atoms with Crippen molar-refractivity contribution in [1.29, 1.82) is 0 Å². The van der Waals surface area contributed by atoms with Crippen LogP contribution in [0.25, 0.3) is 16.6 Å². The van der Waals surface area contributed by atoms with Crippen molar-refractivity contribution in [3.63, 3.8) is 0 Å². The van der Waals surface area contributed by atoms with Gasteiger partial charge in [-0.25, -0.2) is 9.78 Å². The lowest BCUT2D eigenvalue weighted by Gasteiger charge is -2.22. The minimum Gasteiger partial charge on any atom is -0.478 e. The molecule has 4 aromatic rings. The second kappa shape index (κ2) is 9.68. The number of carboxylic acid groups (broad SMARTS) is 1. The van der Waals surface area contributed by atoms with Crippen molar-refractivity contribution in [3.05, 3.63) is 82.3 Å². The van der Waals surface area contributed by atoms with Crippen LogP contribution in [0.1, 0.15) is 41.2 Å². The van der Waals surface area contributed by atoms with Crippen molar-refractivity contribution in [2.75, 3.05) is 0 Å². The van der Waals surface area contributed by atoms with E-state index < -0.39 is 29.5 Å². The Balaban J connectivity index is 1.94. The van der Waals surface area contributed by atoms with Crippen molar-refractivity contribution < 1.29 is 37.3 Å². The number of halogens is 4. The van der Waals surface area contributed by atoms with E-state index in [2.05, 4.69) is 9.72 Å². The van der Waals surface area contributed by atoms with E-state index in [9.17, 15) is 27.9 Å². The SMILES string of the molecule is Cc1cc(C(=O)c2c(C)n(-c3cccc(OC(C)(C)C(=O)O)c3)c3cc(OC(F)(F)F)ccc23)cc(Cl)n1. The molecule has 11 heteroatoms. The van der Waals surface area contributed by atoms with Crippen LogP contribution in [0.3, 0.4) is 0 Å². The van der Waals surface area contributed by atoms with Crippen LogP contribution in [-0.4, -0.2) is 38.4 Å². The quantitative estimate of drug-likeness (QED) is 0.206. The lowest BCUT2D eigenvalue weighted by atomic mass is 10.0. The van der Waals surface area contributed by atoms with E-state index in [0.717, 1.165) is 6.07 Å². The van der Waals surface area contributed by atoms with E-state index in [-0.39, 0.29) is 27.5 Å². The van der Waals surface area contributed by atoms with Gasteiger partial charge in [-0.3, -0.25) is 4.79 Å². The summed E-state index contributed by atoms with van der Waals surface area (Å²) in [6, 6.07) is 13.1. The smallest absolute Gasteiger partial charge is 0.478 e. The van der Waals surface area contributed by atoms with E-state index >= 15 is 0 Å². The molecule has 7 nitrogen and oxygen atoms in total. The summed E-state index contributed by atoms with van der Waals surface area (Å²) in [5.41, 5.74) is 0.610. The van der Waals surface area contributed by atoms with Gasteiger partial charge in [-0.2, -0.15) is 0 Å².